The van der Waals surface area contributed by atoms with Crippen molar-refractivity contribution in [3.05, 3.63) is 29.3 Å². The molecule has 1 N–H and O–H groups in total. The van der Waals surface area contributed by atoms with Gasteiger partial charge in [-0.2, -0.15) is 0 Å². The number of carbonyl (C=O) groups excluding carboxylic acids is 2. The van der Waals surface area contributed by atoms with Gasteiger partial charge in [0, 0.05) is 0 Å². The molecule has 0 aromatic heterocycles. The van der Waals surface area contributed by atoms with Gasteiger partial charge in [-0.25, -0.2) is 4.79 Å². The SMILES string of the molecule is CC[N+]1(CC(=O)Nc2c(C)cccc2C(=O)OC)CCCCC1. The van der Waals surface area contributed by atoms with Gasteiger partial charge in [0.15, 0.2) is 6.54 Å². The summed E-state index contributed by atoms with van der Waals surface area (Å²) < 4.78 is 5.65. The number of ether oxygens (including phenoxy) is 1. The van der Waals surface area contributed by atoms with Gasteiger partial charge in [-0.15, -0.1) is 0 Å². The predicted octanol–water partition coefficient (Wildman–Crippen LogP) is 2.74. The Bertz CT molecular complexity index is 578. The minimum Gasteiger partial charge on any atom is -0.465 e. The number of likely N-dealkylation sites (N-methyl/N-ethyl adjacent to an activating group) is 1. The van der Waals surface area contributed by atoms with Crippen LogP contribution >= 0.6 is 0 Å². The average Bonchev–Trinajstić information content (AvgIpc) is 2.56. The number of para-hydroxylation sites is 1. The first-order valence-corrected chi connectivity index (χ1v) is 8.34. The summed E-state index contributed by atoms with van der Waals surface area (Å²) in [6, 6.07) is 5.36. The van der Waals surface area contributed by atoms with E-state index in [1.165, 1.54) is 26.4 Å². The van der Waals surface area contributed by atoms with Crippen LogP contribution in [0.15, 0.2) is 18.2 Å². The number of rotatable bonds is 5. The molecule has 0 aliphatic carbocycles. The summed E-state index contributed by atoms with van der Waals surface area (Å²) in [7, 11) is 1.35. The Hall–Kier alpha value is -1.88. The molecule has 1 aromatic carbocycles. The molecule has 23 heavy (non-hydrogen) atoms. The van der Waals surface area contributed by atoms with Crippen molar-refractivity contribution in [3.8, 4) is 0 Å². The van der Waals surface area contributed by atoms with E-state index in [0.717, 1.165) is 29.7 Å². The number of anilines is 1. The Morgan fingerprint density at radius 3 is 2.52 bits per heavy atom. The van der Waals surface area contributed by atoms with Gasteiger partial charge >= 0.3 is 5.97 Å². The highest BCUT2D eigenvalue weighted by atomic mass is 16.5. The number of hydrogen-bond acceptors (Lipinski definition) is 3. The molecule has 126 valence electrons. The van der Waals surface area contributed by atoms with E-state index < -0.39 is 5.97 Å². The standard InChI is InChI=1S/C18H26N2O3/c1-4-20(11-6-5-7-12-20)13-16(21)19-17-14(2)9-8-10-15(17)18(22)23-3/h8-10H,4-7,11-13H2,1-3H3/p+1. The third-order valence-electron chi connectivity index (χ3n) is 4.86. The lowest BCUT2D eigenvalue weighted by atomic mass is 10.1. The number of piperidine rings is 1. The van der Waals surface area contributed by atoms with Crippen LogP contribution in [0, 0.1) is 6.92 Å². The van der Waals surface area contributed by atoms with Crippen LogP contribution in [0.5, 0.6) is 0 Å². The molecule has 1 amide bonds. The van der Waals surface area contributed by atoms with Gasteiger partial charge < -0.3 is 14.5 Å². The summed E-state index contributed by atoms with van der Waals surface area (Å²) in [5.74, 6) is -0.463. The fourth-order valence-corrected chi connectivity index (χ4v) is 3.37. The van der Waals surface area contributed by atoms with Crippen molar-refractivity contribution >= 4 is 17.6 Å². The number of methoxy groups -OCH3 is 1. The van der Waals surface area contributed by atoms with Crippen LogP contribution in [0.1, 0.15) is 42.1 Å². The van der Waals surface area contributed by atoms with Crippen molar-refractivity contribution in [2.45, 2.75) is 33.1 Å². The van der Waals surface area contributed by atoms with Crippen LogP contribution in [0.4, 0.5) is 5.69 Å². The predicted molar refractivity (Wildman–Crippen MR) is 90.4 cm³/mol. The normalized spacial score (nSPS) is 16.7. The molecule has 0 atom stereocenters. The zero-order valence-electron chi connectivity index (χ0n) is 14.4. The number of quaternary nitrogens is 1. The third-order valence-corrected chi connectivity index (χ3v) is 4.86. The Balaban J connectivity index is 2.15. The first-order valence-electron chi connectivity index (χ1n) is 8.34. The highest BCUT2D eigenvalue weighted by molar-refractivity contribution is 6.02. The first-order chi connectivity index (χ1) is 11.0. The molecular weight excluding hydrogens is 292 g/mol. The fraction of sp³-hybridized carbons (Fsp3) is 0.556. The largest absolute Gasteiger partial charge is 0.465 e. The van der Waals surface area contributed by atoms with Gasteiger partial charge in [-0.1, -0.05) is 12.1 Å². The number of hydrogen-bond donors (Lipinski definition) is 1. The van der Waals surface area contributed by atoms with Crippen LogP contribution in [0.25, 0.3) is 0 Å². The van der Waals surface area contributed by atoms with Crippen molar-refractivity contribution in [2.24, 2.45) is 0 Å². The number of esters is 1. The highest BCUT2D eigenvalue weighted by Crippen LogP contribution is 2.23. The number of aryl methyl sites for hydroxylation is 1. The molecule has 0 spiro atoms. The molecule has 1 aliphatic rings. The van der Waals surface area contributed by atoms with E-state index in [1.54, 1.807) is 12.1 Å². The zero-order valence-corrected chi connectivity index (χ0v) is 14.4. The lowest BCUT2D eigenvalue weighted by molar-refractivity contribution is -0.923. The van der Waals surface area contributed by atoms with Crippen molar-refractivity contribution in [1.29, 1.82) is 0 Å². The van der Waals surface area contributed by atoms with Crippen LogP contribution in [-0.4, -0.2) is 49.6 Å². The summed E-state index contributed by atoms with van der Waals surface area (Å²) in [4.78, 5) is 24.5. The monoisotopic (exact) mass is 319 g/mol. The van der Waals surface area contributed by atoms with Gasteiger partial charge in [0.1, 0.15) is 0 Å². The van der Waals surface area contributed by atoms with E-state index >= 15 is 0 Å². The smallest absolute Gasteiger partial charge is 0.339 e. The summed E-state index contributed by atoms with van der Waals surface area (Å²) in [5, 5.41) is 2.95. The Labute approximate surface area is 138 Å². The molecule has 0 radical (unpaired) electrons. The lowest BCUT2D eigenvalue weighted by Crippen LogP contribution is -2.55. The van der Waals surface area contributed by atoms with Gasteiger partial charge in [0.2, 0.25) is 0 Å². The maximum Gasteiger partial charge on any atom is 0.339 e. The molecule has 0 saturated carbocycles. The summed E-state index contributed by atoms with van der Waals surface area (Å²) >= 11 is 0. The zero-order chi connectivity index (χ0) is 16.9. The number of likely N-dealkylation sites (tertiary alicyclic amines) is 1. The van der Waals surface area contributed by atoms with Crippen LogP contribution in [0.3, 0.4) is 0 Å². The molecule has 5 nitrogen and oxygen atoms in total. The highest BCUT2D eigenvalue weighted by Gasteiger charge is 2.31. The Morgan fingerprint density at radius 2 is 1.91 bits per heavy atom. The van der Waals surface area contributed by atoms with Crippen molar-refractivity contribution in [2.75, 3.05) is 38.6 Å². The summed E-state index contributed by atoms with van der Waals surface area (Å²) in [6.45, 7) is 7.57. The number of benzene rings is 1. The summed E-state index contributed by atoms with van der Waals surface area (Å²) in [5.41, 5.74) is 1.83. The molecule has 1 fully saturated rings. The molecule has 5 heteroatoms. The minimum absolute atomic E-state index is 0.0341. The van der Waals surface area contributed by atoms with Crippen molar-refractivity contribution in [3.63, 3.8) is 0 Å². The van der Waals surface area contributed by atoms with Gasteiger partial charge in [-0.05, 0) is 44.7 Å². The second kappa shape index (κ2) is 7.59. The average molecular weight is 319 g/mol. The molecule has 0 unspecified atom stereocenters. The quantitative estimate of drug-likeness (QED) is 0.671. The maximum absolute atomic E-state index is 12.6. The number of nitrogens with one attached hydrogen (secondary N) is 1. The fourth-order valence-electron chi connectivity index (χ4n) is 3.37. The maximum atomic E-state index is 12.6. The first kappa shape index (κ1) is 17.5. The van der Waals surface area contributed by atoms with E-state index in [9.17, 15) is 9.59 Å². The summed E-state index contributed by atoms with van der Waals surface area (Å²) in [6.07, 6.45) is 3.61. The van der Waals surface area contributed by atoms with Crippen molar-refractivity contribution in [1.82, 2.24) is 0 Å². The van der Waals surface area contributed by atoms with E-state index in [4.69, 9.17) is 4.74 Å². The third kappa shape index (κ3) is 4.10. The van der Waals surface area contributed by atoms with Gasteiger partial charge in [0.25, 0.3) is 5.91 Å². The Morgan fingerprint density at radius 1 is 1.22 bits per heavy atom. The molecule has 1 aliphatic heterocycles. The molecule has 2 rings (SSSR count). The molecule has 0 bridgehead atoms. The van der Waals surface area contributed by atoms with Crippen LogP contribution in [0.2, 0.25) is 0 Å². The van der Waals surface area contributed by atoms with Crippen LogP contribution in [-0.2, 0) is 9.53 Å². The van der Waals surface area contributed by atoms with E-state index in [0.29, 0.717) is 17.8 Å². The number of amides is 1. The lowest BCUT2D eigenvalue weighted by Gasteiger charge is -2.40. The van der Waals surface area contributed by atoms with Crippen LogP contribution < -0.4 is 5.32 Å². The molecule has 1 saturated heterocycles. The Kier molecular flexibility index (Phi) is 5.77. The minimum atomic E-state index is -0.429. The van der Waals surface area contributed by atoms with E-state index in [2.05, 4.69) is 12.2 Å². The van der Waals surface area contributed by atoms with Crippen molar-refractivity contribution < 1.29 is 18.8 Å². The molecule has 1 heterocycles. The van der Waals surface area contributed by atoms with E-state index in [-0.39, 0.29) is 5.91 Å². The molecule has 1 aromatic rings. The molecular formula is C18H27N2O3+. The van der Waals surface area contributed by atoms with E-state index in [1.807, 2.05) is 13.0 Å². The number of carbonyl (C=O) groups is 2. The van der Waals surface area contributed by atoms with Gasteiger partial charge in [0.05, 0.1) is 38.0 Å². The second-order valence-corrected chi connectivity index (χ2v) is 6.36. The second-order valence-electron chi connectivity index (χ2n) is 6.36. The number of nitrogens with zero attached hydrogens (tertiary/aromatic N) is 1. The van der Waals surface area contributed by atoms with Gasteiger partial charge in [-0.3, -0.25) is 4.79 Å². The topological polar surface area (TPSA) is 55.4 Å².